The van der Waals surface area contributed by atoms with Gasteiger partial charge in [-0.25, -0.2) is 9.97 Å². The predicted octanol–water partition coefficient (Wildman–Crippen LogP) is 3.98. The van der Waals surface area contributed by atoms with Crippen LogP contribution < -0.4 is 10.1 Å². The third-order valence-electron chi connectivity index (χ3n) is 7.96. The maximum atomic E-state index is 11.7. The first kappa shape index (κ1) is 24.3. The lowest BCUT2D eigenvalue weighted by molar-refractivity contribution is -0.114. The van der Waals surface area contributed by atoms with E-state index in [1.807, 2.05) is 17.7 Å². The van der Waals surface area contributed by atoms with E-state index in [9.17, 15) is 4.79 Å². The molecule has 3 aromatic rings. The van der Waals surface area contributed by atoms with Gasteiger partial charge in [0, 0.05) is 80.8 Å². The van der Waals surface area contributed by atoms with E-state index < -0.39 is 5.60 Å². The Morgan fingerprint density at radius 2 is 1.97 bits per heavy atom. The minimum atomic E-state index is -0.544. The van der Waals surface area contributed by atoms with E-state index in [4.69, 9.17) is 23.9 Å². The molecule has 3 aromatic heterocycles. The van der Waals surface area contributed by atoms with Crippen LogP contribution in [0.3, 0.4) is 0 Å². The number of pyridine rings is 2. The third-order valence-corrected chi connectivity index (χ3v) is 7.96. The number of aryl methyl sites for hydroxylation is 1. The molecule has 3 aliphatic heterocycles. The predicted molar refractivity (Wildman–Crippen MR) is 139 cm³/mol. The van der Waals surface area contributed by atoms with Crippen LogP contribution in [0.1, 0.15) is 44.4 Å². The van der Waals surface area contributed by atoms with Crippen LogP contribution in [-0.2, 0) is 38.1 Å². The Bertz CT molecular complexity index is 1340. The second-order valence-electron chi connectivity index (χ2n) is 10.9. The van der Waals surface area contributed by atoms with Gasteiger partial charge in [0.1, 0.15) is 17.2 Å². The minimum Gasteiger partial charge on any atom is -0.493 e. The largest absolute Gasteiger partial charge is 0.493 e. The summed E-state index contributed by atoms with van der Waals surface area (Å²) in [4.78, 5) is 21.3. The molecule has 1 N–H and O–H groups in total. The van der Waals surface area contributed by atoms with Crippen molar-refractivity contribution < 1.29 is 23.7 Å². The first-order valence-corrected chi connectivity index (χ1v) is 13.1. The zero-order valence-corrected chi connectivity index (χ0v) is 21.8. The number of ether oxygens (including phenoxy) is 4. The molecule has 6 rings (SSSR count). The summed E-state index contributed by atoms with van der Waals surface area (Å²) in [7, 11) is 1.99. The van der Waals surface area contributed by atoms with E-state index >= 15 is 0 Å². The van der Waals surface area contributed by atoms with Crippen molar-refractivity contribution in [3.05, 3.63) is 35.8 Å². The van der Waals surface area contributed by atoms with Crippen molar-refractivity contribution in [1.82, 2.24) is 14.5 Å². The lowest BCUT2D eigenvalue weighted by atomic mass is 9.83. The maximum Gasteiger partial charge on any atom is 0.222 e. The zero-order chi connectivity index (χ0) is 25.6. The highest BCUT2D eigenvalue weighted by atomic mass is 16.6. The molecule has 1 amide bonds. The average molecular weight is 507 g/mol. The molecule has 9 heteroatoms. The molecule has 1 atom stereocenters. The van der Waals surface area contributed by atoms with Gasteiger partial charge >= 0.3 is 0 Å². The number of hydrogen-bond donors (Lipinski definition) is 1. The van der Waals surface area contributed by atoms with Gasteiger partial charge in [-0.15, -0.1) is 0 Å². The summed E-state index contributed by atoms with van der Waals surface area (Å²) in [6, 6.07) is 3.98. The fourth-order valence-electron chi connectivity index (χ4n) is 5.69. The molecule has 1 unspecified atom stereocenters. The van der Waals surface area contributed by atoms with Crippen molar-refractivity contribution in [1.29, 1.82) is 0 Å². The van der Waals surface area contributed by atoms with Gasteiger partial charge in [0.05, 0.1) is 42.9 Å². The van der Waals surface area contributed by atoms with Gasteiger partial charge in [0.25, 0.3) is 0 Å². The zero-order valence-electron chi connectivity index (χ0n) is 21.8. The number of carbonyl (C=O) groups is 1. The number of hydrogen-bond acceptors (Lipinski definition) is 7. The molecular formula is C28H34N4O5. The van der Waals surface area contributed by atoms with Gasteiger partial charge in [0.15, 0.2) is 0 Å². The van der Waals surface area contributed by atoms with Crippen LogP contribution in [0.2, 0.25) is 0 Å². The highest BCUT2D eigenvalue weighted by Gasteiger charge is 2.44. The summed E-state index contributed by atoms with van der Waals surface area (Å²) in [6.45, 7) is 7.70. The average Bonchev–Trinajstić information content (AvgIpc) is 3.48. The van der Waals surface area contributed by atoms with Crippen molar-refractivity contribution in [3.8, 4) is 17.0 Å². The molecule has 37 heavy (non-hydrogen) atoms. The van der Waals surface area contributed by atoms with Gasteiger partial charge in [0.2, 0.25) is 5.91 Å². The Labute approximate surface area is 216 Å². The lowest BCUT2D eigenvalue weighted by Crippen LogP contribution is -2.38. The van der Waals surface area contributed by atoms with E-state index in [-0.39, 0.29) is 11.3 Å². The highest BCUT2D eigenvalue weighted by Crippen LogP contribution is 2.44. The van der Waals surface area contributed by atoms with Crippen molar-refractivity contribution in [2.75, 3.05) is 45.0 Å². The Morgan fingerprint density at radius 1 is 1.16 bits per heavy atom. The molecule has 0 aromatic carbocycles. The van der Waals surface area contributed by atoms with E-state index in [1.165, 1.54) is 6.92 Å². The summed E-state index contributed by atoms with van der Waals surface area (Å²) in [5.74, 6) is 1.22. The van der Waals surface area contributed by atoms with Crippen LogP contribution >= 0.6 is 0 Å². The molecule has 196 valence electrons. The second kappa shape index (κ2) is 9.38. The van der Waals surface area contributed by atoms with Crippen molar-refractivity contribution in [2.45, 2.75) is 45.1 Å². The first-order chi connectivity index (χ1) is 17.9. The van der Waals surface area contributed by atoms with Crippen LogP contribution in [0.5, 0.6) is 5.75 Å². The van der Waals surface area contributed by atoms with Crippen LogP contribution in [0.15, 0.2) is 24.5 Å². The Hall–Kier alpha value is -3.01. The van der Waals surface area contributed by atoms with Crippen LogP contribution in [0.4, 0.5) is 5.82 Å². The molecule has 2 saturated heterocycles. The van der Waals surface area contributed by atoms with Gasteiger partial charge in [-0.2, -0.15) is 0 Å². The van der Waals surface area contributed by atoms with E-state index in [0.717, 1.165) is 78.1 Å². The topological polar surface area (TPSA) is 96.7 Å². The maximum absolute atomic E-state index is 11.7. The number of carbonyl (C=O) groups excluding carboxylic acids is 1. The first-order valence-electron chi connectivity index (χ1n) is 13.1. The molecule has 9 nitrogen and oxygen atoms in total. The molecule has 6 heterocycles. The normalized spacial score (nSPS) is 22.8. The highest BCUT2D eigenvalue weighted by molar-refractivity contribution is 5.98. The van der Waals surface area contributed by atoms with Gasteiger partial charge in [-0.1, -0.05) is 6.92 Å². The molecule has 0 radical (unpaired) electrons. The van der Waals surface area contributed by atoms with E-state index in [0.29, 0.717) is 32.2 Å². The molecule has 1 spiro atoms. The number of aromatic nitrogens is 3. The quantitative estimate of drug-likeness (QED) is 0.559. The SMILES string of the molecule is CC(=O)Nc1cc2c(-c3cc(OCC4(C)CCOCC4)c4c(n3)C3(CCOC3)OCC4)cn(C)c2cn1. The molecule has 0 saturated carbocycles. The van der Waals surface area contributed by atoms with Crippen LogP contribution in [0.25, 0.3) is 22.2 Å². The fraction of sp³-hybridized carbons (Fsp3) is 0.536. The minimum absolute atomic E-state index is 0.0757. The number of amides is 1. The summed E-state index contributed by atoms with van der Waals surface area (Å²) in [6.07, 6.45) is 7.33. The summed E-state index contributed by atoms with van der Waals surface area (Å²) >= 11 is 0. The number of anilines is 1. The van der Waals surface area contributed by atoms with E-state index in [2.05, 4.69) is 29.5 Å². The van der Waals surface area contributed by atoms with Crippen molar-refractivity contribution in [3.63, 3.8) is 0 Å². The number of nitrogens with zero attached hydrogens (tertiary/aromatic N) is 3. The standard InChI is InChI=1S/C28H34N4O5/c1-18(33)30-25-12-20-21(15-32(3)23(20)14-29-25)22-13-24(36-16-27(2)5-9-34-10-6-27)19-4-8-37-28(26(19)31-22)7-11-35-17-28/h12-15H,4-11,16-17H2,1-3H3,(H,29,30,33). The molecule has 3 aliphatic rings. The smallest absolute Gasteiger partial charge is 0.222 e. The molecule has 0 aliphatic carbocycles. The number of rotatable bonds is 5. The molecule has 2 fully saturated rings. The lowest BCUT2D eigenvalue weighted by Gasteiger charge is -2.36. The summed E-state index contributed by atoms with van der Waals surface area (Å²) in [5, 5.41) is 3.76. The summed E-state index contributed by atoms with van der Waals surface area (Å²) in [5.41, 5.74) is 4.30. The molecular weight excluding hydrogens is 472 g/mol. The fourth-order valence-corrected chi connectivity index (χ4v) is 5.69. The van der Waals surface area contributed by atoms with Gasteiger partial charge in [-0.3, -0.25) is 4.79 Å². The Morgan fingerprint density at radius 3 is 2.73 bits per heavy atom. The second-order valence-corrected chi connectivity index (χ2v) is 10.9. The monoisotopic (exact) mass is 506 g/mol. The van der Waals surface area contributed by atoms with E-state index in [1.54, 1.807) is 6.20 Å². The van der Waals surface area contributed by atoms with Crippen molar-refractivity contribution >= 4 is 22.6 Å². The Kier molecular flexibility index (Phi) is 6.17. The van der Waals surface area contributed by atoms with Crippen LogP contribution in [-0.4, -0.2) is 60.1 Å². The Balaban J connectivity index is 1.47. The van der Waals surface area contributed by atoms with Gasteiger partial charge < -0.3 is 28.8 Å². The summed E-state index contributed by atoms with van der Waals surface area (Å²) < 4.78 is 26.4. The third kappa shape index (κ3) is 4.49. The number of nitrogens with one attached hydrogen (secondary N) is 1. The number of fused-ring (bicyclic) bond motifs is 3. The van der Waals surface area contributed by atoms with Crippen molar-refractivity contribution in [2.24, 2.45) is 12.5 Å². The molecule has 0 bridgehead atoms. The van der Waals surface area contributed by atoms with Gasteiger partial charge in [-0.05, 0) is 18.9 Å². The van der Waals surface area contributed by atoms with Crippen LogP contribution in [0, 0.1) is 5.41 Å².